The smallest absolute Gasteiger partial charge is 0.240 e. The molecule has 128 valence electrons. The standard InChI is InChI=1S/C19H16F2N2O2/c1-12(13-2-4-14(20)5-3-13)22-19(25)11-23-9-8-18(24)16-10-15(21)6-7-17(16)23/h2-10,12H,11H2,1H3,(H,22,25)/t12-/m0/s1. The minimum absolute atomic E-state index is 0.0199. The fourth-order valence-electron chi connectivity index (χ4n) is 2.70. The number of rotatable bonds is 4. The van der Waals surface area contributed by atoms with Gasteiger partial charge in [-0.05, 0) is 42.8 Å². The van der Waals surface area contributed by atoms with Gasteiger partial charge in [-0.2, -0.15) is 0 Å². The third-order valence-corrected chi connectivity index (χ3v) is 4.00. The number of benzene rings is 2. The summed E-state index contributed by atoms with van der Waals surface area (Å²) in [6, 6.07) is 10.8. The normalized spacial score (nSPS) is 12.1. The summed E-state index contributed by atoms with van der Waals surface area (Å²) < 4.78 is 27.9. The molecule has 1 aromatic heterocycles. The Bertz CT molecular complexity index is 981. The summed E-state index contributed by atoms with van der Waals surface area (Å²) >= 11 is 0. The fraction of sp³-hybridized carbons (Fsp3) is 0.158. The molecule has 4 nitrogen and oxygen atoms in total. The van der Waals surface area contributed by atoms with E-state index in [0.29, 0.717) is 5.52 Å². The maximum atomic E-state index is 13.3. The molecule has 0 unspecified atom stereocenters. The van der Waals surface area contributed by atoms with Crippen LogP contribution in [0.1, 0.15) is 18.5 Å². The highest BCUT2D eigenvalue weighted by molar-refractivity contribution is 5.82. The summed E-state index contributed by atoms with van der Waals surface area (Å²) in [6.07, 6.45) is 1.50. The van der Waals surface area contributed by atoms with Gasteiger partial charge in [-0.1, -0.05) is 12.1 Å². The number of nitrogens with zero attached hydrogens (tertiary/aromatic N) is 1. The molecule has 0 aliphatic heterocycles. The zero-order chi connectivity index (χ0) is 18.0. The molecule has 0 fully saturated rings. The molecule has 0 saturated heterocycles. The quantitative estimate of drug-likeness (QED) is 0.792. The zero-order valence-corrected chi connectivity index (χ0v) is 13.5. The molecule has 3 rings (SSSR count). The number of carbonyl (C=O) groups excluding carboxylic acids is 1. The van der Waals surface area contributed by atoms with Gasteiger partial charge in [0.25, 0.3) is 0 Å². The zero-order valence-electron chi connectivity index (χ0n) is 13.5. The molecule has 1 amide bonds. The van der Waals surface area contributed by atoms with Crippen LogP contribution in [0.2, 0.25) is 0 Å². The highest BCUT2D eigenvalue weighted by atomic mass is 19.1. The van der Waals surface area contributed by atoms with Crippen molar-refractivity contribution in [2.75, 3.05) is 0 Å². The Morgan fingerprint density at radius 2 is 1.76 bits per heavy atom. The van der Waals surface area contributed by atoms with Crippen molar-refractivity contribution in [3.8, 4) is 0 Å². The molecule has 0 radical (unpaired) electrons. The SMILES string of the molecule is C[C@H](NC(=O)Cn1ccc(=O)c2cc(F)ccc21)c1ccc(F)cc1. The Hall–Kier alpha value is -3.02. The molecule has 3 aromatic rings. The summed E-state index contributed by atoms with van der Waals surface area (Å²) in [5.41, 5.74) is 0.964. The van der Waals surface area contributed by atoms with Crippen LogP contribution in [0.5, 0.6) is 0 Å². The van der Waals surface area contributed by atoms with Crippen LogP contribution in [-0.4, -0.2) is 10.5 Å². The first kappa shape index (κ1) is 16.8. The summed E-state index contributed by atoms with van der Waals surface area (Å²) in [7, 11) is 0. The van der Waals surface area contributed by atoms with Gasteiger partial charge in [0.2, 0.25) is 5.91 Å². The van der Waals surface area contributed by atoms with Gasteiger partial charge in [0.15, 0.2) is 5.43 Å². The van der Waals surface area contributed by atoms with E-state index in [9.17, 15) is 18.4 Å². The van der Waals surface area contributed by atoms with E-state index in [4.69, 9.17) is 0 Å². The number of hydrogen-bond acceptors (Lipinski definition) is 2. The third-order valence-electron chi connectivity index (χ3n) is 4.00. The Kier molecular flexibility index (Phi) is 4.61. The molecule has 0 saturated carbocycles. The number of hydrogen-bond donors (Lipinski definition) is 1. The van der Waals surface area contributed by atoms with E-state index in [1.807, 2.05) is 0 Å². The first-order chi connectivity index (χ1) is 11.9. The molecule has 25 heavy (non-hydrogen) atoms. The van der Waals surface area contributed by atoms with E-state index in [1.165, 1.54) is 36.5 Å². The van der Waals surface area contributed by atoms with Gasteiger partial charge >= 0.3 is 0 Å². The molecule has 2 aromatic carbocycles. The number of pyridine rings is 1. The summed E-state index contributed by atoms with van der Waals surface area (Å²) in [5, 5.41) is 3.04. The van der Waals surface area contributed by atoms with Gasteiger partial charge in [0.1, 0.15) is 18.2 Å². The van der Waals surface area contributed by atoms with Crippen molar-refractivity contribution >= 4 is 16.8 Å². The summed E-state index contributed by atoms with van der Waals surface area (Å²) in [6.45, 7) is 1.78. The van der Waals surface area contributed by atoms with Crippen LogP contribution < -0.4 is 10.7 Å². The van der Waals surface area contributed by atoms with Gasteiger partial charge in [0, 0.05) is 17.6 Å². The lowest BCUT2D eigenvalue weighted by atomic mass is 10.1. The molecule has 6 heteroatoms. The second-order valence-corrected chi connectivity index (χ2v) is 5.81. The predicted octanol–water partition coefficient (Wildman–Crippen LogP) is 3.16. The lowest BCUT2D eigenvalue weighted by Crippen LogP contribution is -2.30. The average molecular weight is 342 g/mol. The van der Waals surface area contributed by atoms with E-state index in [1.54, 1.807) is 23.6 Å². The van der Waals surface area contributed by atoms with E-state index in [-0.39, 0.29) is 35.1 Å². The fourth-order valence-corrected chi connectivity index (χ4v) is 2.70. The van der Waals surface area contributed by atoms with Gasteiger partial charge in [-0.3, -0.25) is 9.59 Å². The van der Waals surface area contributed by atoms with E-state index in [0.717, 1.165) is 11.6 Å². The van der Waals surface area contributed by atoms with Gasteiger partial charge in [0.05, 0.1) is 11.6 Å². The number of amides is 1. The average Bonchev–Trinajstić information content (AvgIpc) is 2.58. The van der Waals surface area contributed by atoms with Crippen molar-refractivity contribution in [1.29, 1.82) is 0 Å². The number of fused-ring (bicyclic) bond motifs is 1. The number of nitrogens with one attached hydrogen (secondary N) is 1. The lowest BCUT2D eigenvalue weighted by Gasteiger charge is -2.16. The topological polar surface area (TPSA) is 51.1 Å². The van der Waals surface area contributed by atoms with Crippen LogP contribution in [0, 0.1) is 11.6 Å². The van der Waals surface area contributed by atoms with Gasteiger partial charge < -0.3 is 9.88 Å². The first-order valence-electron chi connectivity index (χ1n) is 7.77. The molecular formula is C19H16F2N2O2. The predicted molar refractivity (Wildman–Crippen MR) is 91.1 cm³/mol. The Morgan fingerprint density at radius 3 is 2.48 bits per heavy atom. The van der Waals surface area contributed by atoms with Gasteiger partial charge in [-0.25, -0.2) is 8.78 Å². The minimum atomic E-state index is -0.503. The monoisotopic (exact) mass is 342 g/mol. The Balaban J connectivity index is 1.79. The molecule has 1 heterocycles. The maximum Gasteiger partial charge on any atom is 0.240 e. The van der Waals surface area contributed by atoms with Crippen LogP contribution in [0.3, 0.4) is 0 Å². The van der Waals surface area contributed by atoms with Crippen LogP contribution in [0.4, 0.5) is 8.78 Å². The third kappa shape index (κ3) is 3.74. The van der Waals surface area contributed by atoms with Crippen LogP contribution in [0.25, 0.3) is 10.9 Å². The number of halogens is 2. The van der Waals surface area contributed by atoms with Crippen molar-refractivity contribution in [2.24, 2.45) is 0 Å². The molecule has 0 aliphatic carbocycles. The van der Waals surface area contributed by atoms with Crippen molar-refractivity contribution in [3.05, 3.63) is 82.1 Å². The molecule has 0 spiro atoms. The minimum Gasteiger partial charge on any atom is -0.348 e. The molecule has 0 aliphatic rings. The largest absolute Gasteiger partial charge is 0.348 e. The molecule has 1 atom stereocenters. The van der Waals surface area contributed by atoms with Crippen LogP contribution >= 0.6 is 0 Å². The molecule has 1 N–H and O–H groups in total. The molecular weight excluding hydrogens is 326 g/mol. The van der Waals surface area contributed by atoms with Crippen molar-refractivity contribution in [1.82, 2.24) is 9.88 Å². The highest BCUT2D eigenvalue weighted by Gasteiger charge is 2.12. The highest BCUT2D eigenvalue weighted by Crippen LogP contribution is 2.14. The Morgan fingerprint density at radius 1 is 1.08 bits per heavy atom. The maximum absolute atomic E-state index is 13.3. The molecule has 0 bridgehead atoms. The second kappa shape index (κ2) is 6.84. The second-order valence-electron chi connectivity index (χ2n) is 5.81. The van der Waals surface area contributed by atoms with E-state index >= 15 is 0 Å². The van der Waals surface area contributed by atoms with Gasteiger partial charge in [-0.15, -0.1) is 0 Å². The summed E-state index contributed by atoms with van der Waals surface area (Å²) in [5.74, 6) is -1.11. The van der Waals surface area contributed by atoms with Crippen molar-refractivity contribution in [3.63, 3.8) is 0 Å². The first-order valence-corrected chi connectivity index (χ1v) is 7.77. The van der Waals surface area contributed by atoms with Crippen molar-refractivity contribution in [2.45, 2.75) is 19.5 Å². The number of carbonyl (C=O) groups is 1. The Labute approximate surface area is 142 Å². The lowest BCUT2D eigenvalue weighted by molar-refractivity contribution is -0.122. The van der Waals surface area contributed by atoms with Crippen molar-refractivity contribution < 1.29 is 13.6 Å². The van der Waals surface area contributed by atoms with E-state index < -0.39 is 5.82 Å². The van der Waals surface area contributed by atoms with Crippen LogP contribution in [0.15, 0.2) is 59.5 Å². The number of aromatic nitrogens is 1. The van der Waals surface area contributed by atoms with Crippen LogP contribution in [-0.2, 0) is 11.3 Å². The summed E-state index contributed by atoms with van der Waals surface area (Å²) in [4.78, 5) is 24.1. The van der Waals surface area contributed by atoms with E-state index in [2.05, 4.69) is 5.32 Å².